The summed E-state index contributed by atoms with van der Waals surface area (Å²) in [7, 11) is 1.18. The molecule has 0 aliphatic carbocycles. The predicted octanol–water partition coefficient (Wildman–Crippen LogP) is 1.85. The lowest BCUT2D eigenvalue weighted by Gasteiger charge is -2.30. The molecule has 1 aliphatic heterocycles. The number of hydrogen-bond donors (Lipinski definition) is 2. The molecule has 1 unspecified atom stereocenters. The van der Waals surface area contributed by atoms with Crippen LogP contribution in [-0.4, -0.2) is 30.1 Å². The molecule has 0 aromatic heterocycles. The normalized spacial score (nSPS) is 16.9. The molecule has 1 aromatic carbocycles. The van der Waals surface area contributed by atoms with Gasteiger partial charge in [-0.1, -0.05) is 12.1 Å². The molecular weight excluding hydrogens is 354 g/mol. The number of ether oxygens (including phenoxy) is 2. The molecule has 2 rings (SSSR count). The Labute approximate surface area is 156 Å². The van der Waals surface area contributed by atoms with Crippen LogP contribution >= 0.6 is 0 Å². The van der Waals surface area contributed by atoms with Gasteiger partial charge in [0.15, 0.2) is 0 Å². The van der Waals surface area contributed by atoms with E-state index < -0.39 is 28.9 Å². The second-order valence-corrected chi connectivity index (χ2v) is 6.22. The van der Waals surface area contributed by atoms with Crippen molar-refractivity contribution in [3.05, 3.63) is 62.6 Å². The van der Waals surface area contributed by atoms with Gasteiger partial charge in [-0.3, -0.25) is 10.1 Å². The number of non-ortho nitro benzene ring substituents is 1. The van der Waals surface area contributed by atoms with Crippen molar-refractivity contribution in [2.75, 3.05) is 7.11 Å². The lowest BCUT2D eigenvalue weighted by molar-refractivity contribution is -0.384. The lowest BCUT2D eigenvalue weighted by atomic mass is 9.81. The van der Waals surface area contributed by atoms with Crippen LogP contribution in [0, 0.1) is 10.1 Å². The minimum Gasteiger partial charge on any atom is -0.466 e. The Bertz CT molecular complexity index is 856. The molecule has 0 bridgehead atoms. The van der Waals surface area contributed by atoms with E-state index in [9.17, 15) is 19.7 Å². The Kier molecular flexibility index (Phi) is 5.84. The average molecular weight is 375 g/mol. The van der Waals surface area contributed by atoms with Crippen LogP contribution in [-0.2, 0) is 19.1 Å². The number of carbonyl (C=O) groups excluding carboxylic acids is 2. The number of esters is 2. The SMILES string of the molecule is COC(=O)C1=C(N)NC(C)=C(C(=O)OC(C)C)C1c1cccc([N+](=O)[O-])c1. The molecule has 1 heterocycles. The lowest BCUT2D eigenvalue weighted by Crippen LogP contribution is -2.36. The first kappa shape index (κ1) is 20.0. The number of rotatable bonds is 5. The molecule has 0 radical (unpaired) electrons. The molecule has 0 saturated carbocycles. The van der Waals surface area contributed by atoms with Crippen molar-refractivity contribution in [3.63, 3.8) is 0 Å². The van der Waals surface area contributed by atoms with Crippen molar-refractivity contribution in [3.8, 4) is 0 Å². The third-order valence-corrected chi connectivity index (χ3v) is 3.98. The van der Waals surface area contributed by atoms with E-state index in [2.05, 4.69) is 5.32 Å². The Morgan fingerprint density at radius 3 is 2.48 bits per heavy atom. The highest BCUT2D eigenvalue weighted by molar-refractivity contribution is 5.99. The van der Waals surface area contributed by atoms with Gasteiger partial charge in [0, 0.05) is 17.8 Å². The van der Waals surface area contributed by atoms with Crippen molar-refractivity contribution >= 4 is 17.6 Å². The summed E-state index contributed by atoms with van der Waals surface area (Å²) in [6, 6.07) is 5.66. The Hall–Kier alpha value is -3.36. The second kappa shape index (κ2) is 7.90. The van der Waals surface area contributed by atoms with Crippen LogP contribution < -0.4 is 11.1 Å². The quantitative estimate of drug-likeness (QED) is 0.452. The van der Waals surface area contributed by atoms with E-state index in [4.69, 9.17) is 15.2 Å². The number of nitrogens with zero attached hydrogens (tertiary/aromatic N) is 1. The summed E-state index contributed by atoms with van der Waals surface area (Å²) in [5.74, 6) is -2.36. The fraction of sp³-hybridized carbons (Fsp3) is 0.333. The molecule has 0 fully saturated rings. The number of dihydropyridines is 1. The summed E-state index contributed by atoms with van der Waals surface area (Å²) >= 11 is 0. The van der Waals surface area contributed by atoms with Crippen LogP contribution in [0.15, 0.2) is 46.9 Å². The molecule has 27 heavy (non-hydrogen) atoms. The highest BCUT2D eigenvalue weighted by Crippen LogP contribution is 2.39. The molecular formula is C18H21N3O6. The molecule has 9 nitrogen and oxygen atoms in total. The summed E-state index contributed by atoms with van der Waals surface area (Å²) < 4.78 is 10.1. The van der Waals surface area contributed by atoms with Gasteiger partial charge in [-0.2, -0.15) is 0 Å². The average Bonchev–Trinajstić information content (AvgIpc) is 2.59. The van der Waals surface area contributed by atoms with Gasteiger partial charge in [0.2, 0.25) is 0 Å². The van der Waals surface area contributed by atoms with Crippen molar-refractivity contribution in [1.29, 1.82) is 0 Å². The number of allylic oxidation sites excluding steroid dienone is 1. The van der Waals surface area contributed by atoms with Gasteiger partial charge < -0.3 is 20.5 Å². The van der Waals surface area contributed by atoms with E-state index >= 15 is 0 Å². The van der Waals surface area contributed by atoms with E-state index in [1.165, 1.54) is 25.3 Å². The topological polar surface area (TPSA) is 134 Å². The van der Waals surface area contributed by atoms with Crippen LogP contribution in [0.4, 0.5) is 5.69 Å². The van der Waals surface area contributed by atoms with Gasteiger partial charge in [-0.05, 0) is 26.3 Å². The molecule has 144 valence electrons. The van der Waals surface area contributed by atoms with Gasteiger partial charge in [0.05, 0.1) is 35.2 Å². The smallest absolute Gasteiger partial charge is 0.338 e. The van der Waals surface area contributed by atoms with E-state index in [0.29, 0.717) is 11.3 Å². The standard InChI is InChI=1S/C18H21N3O6/c1-9(2)27-18(23)13-10(3)20-16(19)15(17(22)26-4)14(13)11-6-5-7-12(8-11)21(24)25/h5-9,14,20H,19H2,1-4H3. The van der Waals surface area contributed by atoms with Crippen LogP contribution in [0.1, 0.15) is 32.3 Å². The van der Waals surface area contributed by atoms with Gasteiger partial charge in [-0.15, -0.1) is 0 Å². The third-order valence-electron chi connectivity index (χ3n) is 3.98. The van der Waals surface area contributed by atoms with E-state index in [0.717, 1.165) is 0 Å². The van der Waals surface area contributed by atoms with E-state index in [-0.39, 0.29) is 22.7 Å². The number of benzene rings is 1. The van der Waals surface area contributed by atoms with Gasteiger partial charge in [0.1, 0.15) is 5.82 Å². The maximum atomic E-state index is 12.7. The number of methoxy groups -OCH3 is 1. The highest BCUT2D eigenvalue weighted by Gasteiger charge is 2.39. The minimum atomic E-state index is -0.968. The molecule has 0 spiro atoms. The van der Waals surface area contributed by atoms with E-state index in [1.807, 2.05) is 0 Å². The first-order valence-corrected chi connectivity index (χ1v) is 8.18. The number of hydrogen-bond acceptors (Lipinski definition) is 8. The fourth-order valence-corrected chi connectivity index (χ4v) is 2.89. The van der Waals surface area contributed by atoms with Gasteiger partial charge in [-0.25, -0.2) is 9.59 Å². The second-order valence-electron chi connectivity index (χ2n) is 6.22. The van der Waals surface area contributed by atoms with E-state index in [1.54, 1.807) is 26.8 Å². The first-order valence-electron chi connectivity index (χ1n) is 8.18. The van der Waals surface area contributed by atoms with Crippen molar-refractivity contribution < 1.29 is 24.0 Å². The highest BCUT2D eigenvalue weighted by atomic mass is 16.6. The predicted molar refractivity (Wildman–Crippen MR) is 96.1 cm³/mol. The van der Waals surface area contributed by atoms with Crippen molar-refractivity contribution in [2.24, 2.45) is 5.73 Å². The number of nitrogens with two attached hydrogens (primary N) is 1. The fourth-order valence-electron chi connectivity index (χ4n) is 2.89. The molecule has 1 atom stereocenters. The Morgan fingerprint density at radius 2 is 1.93 bits per heavy atom. The van der Waals surface area contributed by atoms with Crippen LogP contribution in [0.5, 0.6) is 0 Å². The largest absolute Gasteiger partial charge is 0.466 e. The van der Waals surface area contributed by atoms with Crippen molar-refractivity contribution in [2.45, 2.75) is 32.8 Å². The maximum absolute atomic E-state index is 12.7. The summed E-state index contributed by atoms with van der Waals surface area (Å²) in [6.07, 6.45) is -0.395. The van der Waals surface area contributed by atoms with Crippen molar-refractivity contribution in [1.82, 2.24) is 5.32 Å². The molecule has 0 amide bonds. The molecule has 1 aromatic rings. The zero-order valence-corrected chi connectivity index (χ0v) is 15.4. The van der Waals surface area contributed by atoms with Crippen LogP contribution in [0.3, 0.4) is 0 Å². The van der Waals surface area contributed by atoms with Crippen LogP contribution in [0.2, 0.25) is 0 Å². The molecule has 0 saturated heterocycles. The van der Waals surface area contributed by atoms with Gasteiger partial charge >= 0.3 is 11.9 Å². The third kappa shape index (κ3) is 4.08. The van der Waals surface area contributed by atoms with Crippen LogP contribution in [0.25, 0.3) is 0 Å². The molecule has 1 aliphatic rings. The number of carbonyl (C=O) groups is 2. The summed E-state index contributed by atoms with van der Waals surface area (Å²) in [4.78, 5) is 35.7. The minimum absolute atomic E-state index is 0.0111. The zero-order chi connectivity index (χ0) is 20.3. The summed E-state index contributed by atoms with van der Waals surface area (Å²) in [6.45, 7) is 5.00. The summed E-state index contributed by atoms with van der Waals surface area (Å²) in [5.41, 5.74) is 6.67. The Balaban J connectivity index is 2.69. The van der Waals surface area contributed by atoms with Gasteiger partial charge in [0.25, 0.3) is 5.69 Å². The molecule has 3 N–H and O–H groups in total. The summed E-state index contributed by atoms with van der Waals surface area (Å²) in [5, 5.41) is 13.9. The number of nitrogens with one attached hydrogen (secondary N) is 1. The first-order chi connectivity index (χ1) is 12.7. The number of nitro benzene ring substituents is 1. The monoisotopic (exact) mass is 375 g/mol. The molecule has 9 heteroatoms. The number of nitro groups is 1. The zero-order valence-electron chi connectivity index (χ0n) is 15.4. The Morgan fingerprint density at radius 1 is 1.26 bits per heavy atom. The maximum Gasteiger partial charge on any atom is 0.338 e.